The second-order valence-electron chi connectivity index (χ2n) is 4.80. The predicted molar refractivity (Wildman–Crippen MR) is 67.9 cm³/mol. The molecule has 0 atom stereocenters. The smallest absolute Gasteiger partial charge is 0.120 e. The molecule has 0 heterocycles. The first kappa shape index (κ1) is 11.3. The van der Waals surface area contributed by atoms with Crippen LogP contribution < -0.4 is 5.32 Å². The van der Waals surface area contributed by atoms with Crippen LogP contribution in [0, 0.1) is 5.92 Å². The highest BCUT2D eigenvalue weighted by molar-refractivity contribution is 5.50. The molecule has 88 valence electrons. The van der Waals surface area contributed by atoms with Gasteiger partial charge in [0.05, 0.1) is 0 Å². The zero-order valence-corrected chi connectivity index (χ0v) is 10.00. The third-order valence-corrected chi connectivity index (χ3v) is 3.61. The van der Waals surface area contributed by atoms with Gasteiger partial charge in [-0.25, -0.2) is 0 Å². The first-order chi connectivity index (χ1) is 7.79. The van der Waals surface area contributed by atoms with Crippen molar-refractivity contribution in [3.8, 4) is 5.75 Å². The van der Waals surface area contributed by atoms with E-state index in [9.17, 15) is 5.11 Å². The van der Waals surface area contributed by atoms with Gasteiger partial charge in [0.2, 0.25) is 0 Å². The van der Waals surface area contributed by atoms with Crippen molar-refractivity contribution in [3.05, 3.63) is 23.8 Å². The van der Waals surface area contributed by atoms with Crippen LogP contribution in [0.5, 0.6) is 5.75 Å². The maximum Gasteiger partial charge on any atom is 0.120 e. The summed E-state index contributed by atoms with van der Waals surface area (Å²) in [5, 5.41) is 13.0. The molecule has 0 amide bonds. The molecule has 0 radical (unpaired) electrons. The molecule has 2 nitrogen and oxygen atoms in total. The molecule has 1 aliphatic carbocycles. The van der Waals surface area contributed by atoms with E-state index in [4.69, 9.17) is 0 Å². The molecule has 0 spiro atoms. The van der Waals surface area contributed by atoms with Crippen molar-refractivity contribution in [3.63, 3.8) is 0 Å². The summed E-state index contributed by atoms with van der Waals surface area (Å²) in [4.78, 5) is 0. The van der Waals surface area contributed by atoms with E-state index in [-0.39, 0.29) is 0 Å². The Morgan fingerprint density at radius 2 is 2.00 bits per heavy atom. The third-order valence-electron chi connectivity index (χ3n) is 3.61. The second-order valence-corrected chi connectivity index (χ2v) is 4.80. The van der Waals surface area contributed by atoms with Crippen LogP contribution in [0.4, 0.5) is 5.69 Å². The highest BCUT2D eigenvalue weighted by Gasteiger charge is 2.15. The maximum absolute atomic E-state index is 9.91. The molecule has 1 fully saturated rings. The second kappa shape index (κ2) is 5.24. The van der Waals surface area contributed by atoms with Gasteiger partial charge in [-0.2, -0.15) is 0 Å². The van der Waals surface area contributed by atoms with Crippen LogP contribution in [-0.4, -0.2) is 12.2 Å². The lowest BCUT2D eigenvalue weighted by Gasteiger charge is -2.22. The minimum absolute atomic E-state index is 0.442. The molecule has 1 aromatic carbocycles. The van der Waals surface area contributed by atoms with Gasteiger partial charge in [0.1, 0.15) is 5.75 Å². The highest BCUT2D eigenvalue weighted by atomic mass is 16.3. The van der Waals surface area contributed by atoms with E-state index in [1.165, 1.54) is 32.1 Å². The number of nitrogens with one attached hydrogen (secondary N) is 1. The molecule has 1 saturated carbocycles. The molecule has 0 saturated heterocycles. The summed E-state index contributed by atoms with van der Waals surface area (Å²) >= 11 is 0. The number of hydrogen-bond donors (Lipinski definition) is 2. The zero-order valence-electron chi connectivity index (χ0n) is 10.00. The van der Waals surface area contributed by atoms with Crippen molar-refractivity contribution in [2.24, 2.45) is 5.92 Å². The fourth-order valence-electron chi connectivity index (χ4n) is 2.59. The summed E-state index contributed by atoms with van der Waals surface area (Å²) in [6.07, 6.45) is 7.80. The van der Waals surface area contributed by atoms with Gasteiger partial charge in [0.25, 0.3) is 0 Å². The van der Waals surface area contributed by atoms with Crippen LogP contribution in [0.2, 0.25) is 0 Å². The molecule has 1 aromatic rings. The van der Waals surface area contributed by atoms with Crippen LogP contribution in [0.15, 0.2) is 18.2 Å². The number of hydrogen-bond acceptors (Lipinski definition) is 2. The Kier molecular flexibility index (Phi) is 3.70. The van der Waals surface area contributed by atoms with Crippen molar-refractivity contribution in [2.45, 2.75) is 38.5 Å². The fourth-order valence-corrected chi connectivity index (χ4v) is 2.59. The normalized spacial score (nSPS) is 17.3. The SMILES string of the molecule is CNc1ccc(CC2CCCCC2)c(O)c1. The average Bonchev–Trinajstić information content (AvgIpc) is 2.33. The summed E-state index contributed by atoms with van der Waals surface area (Å²) in [5.41, 5.74) is 2.08. The van der Waals surface area contributed by atoms with Crippen molar-refractivity contribution in [2.75, 3.05) is 12.4 Å². The largest absolute Gasteiger partial charge is 0.508 e. The van der Waals surface area contributed by atoms with Crippen LogP contribution in [0.25, 0.3) is 0 Å². The molecular weight excluding hydrogens is 198 g/mol. The number of benzene rings is 1. The molecule has 0 aliphatic heterocycles. The lowest BCUT2D eigenvalue weighted by atomic mass is 9.84. The van der Waals surface area contributed by atoms with Gasteiger partial charge >= 0.3 is 0 Å². The topological polar surface area (TPSA) is 32.3 Å². The van der Waals surface area contributed by atoms with Crippen molar-refractivity contribution >= 4 is 5.69 Å². The minimum atomic E-state index is 0.442. The summed E-state index contributed by atoms with van der Waals surface area (Å²) in [6, 6.07) is 5.91. The van der Waals surface area contributed by atoms with Gasteiger partial charge < -0.3 is 10.4 Å². The van der Waals surface area contributed by atoms with Crippen LogP contribution in [0.1, 0.15) is 37.7 Å². The van der Waals surface area contributed by atoms with E-state index in [1.807, 2.05) is 19.2 Å². The van der Waals surface area contributed by atoms with Crippen LogP contribution in [0.3, 0.4) is 0 Å². The molecule has 2 rings (SSSR count). The summed E-state index contributed by atoms with van der Waals surface area (Å²) < 4.78 is 0. The van der Waals surface area contributed by atoms with E-state index < -0.39 is 0 Å². The first-order valence-corrected chi connectivity index (χ1v) is 6.29. The van der Waals surface area contributed by atoms with E-state index in [1.54, 1.807) is 0 Å². The Bertz CT molecular complexity index is 343. The lowest BCUT2D eigenvalue weighted by molar-refractivity contribution is 0.351. The van der Waals surface area contributed by atoms with Crippen LogP contribution in [-0.2, 0) is 6.42 Å². The molecule has 0 bridgehead atoms. The molecule has 2 heteroatoms. The molecule has 0 unspecified atom stereocenters. The summed E-state index contributed by atoms with van der Waals surface area (Å²) in [7, 11) is 1.87. The average molecular weight is 219 g/mol. The summed E-state index contributed by atoms with van der Waals surface area (Å²) in [6.45, 7) is 0. The Morgan fingerprint density at radius 1 is 1.25 bits per heavy atom. The van der Waals surface area contributed by atoms with E-state index in [2.05, 4.69) is 11.4 Å². The van der Waals surface area contributed by atoms with Gasteiger partial charge in [-0.15, -0.1) is 0 Å². The van der Waals surface area contributed by atoms with Gasteiger partial charge in [0.15, 0.2) is 0 Å². The number of anilines is 1. The maximum atomic E-state index is 9.91. The Labute approximate surface area is 97.7 Å². The number of phenols is 1. The third kappa shape index (κ3) is 2.69. The molecule has 1 aliphatic rings. The molecule has 0 aromatic heterocycles. The van der Waals surface area contributed by atoms with Crippen LogP contribution >= 0.6 is 0 Å². The van der Waals surface area contributed by atoms with Gasteiger partial charge in [-0.3, -0.25) is 0 Å². The Morgan fingerprint density at radius 3 is 2.62 bits per heavy atom. The van der Waals surface area contributed by atoms with E-state index >= 15 is 0 Å². The Hall–Kier alpha value is -1.18. The van der Waals surface area contributed by atoms with Gasteiger partial charge in [-0.05, 0) is 24.0 Å². The molecule has 2 N–H and O–H groups in total. The number of aromatic hydroxyl groups is 1. The standard InChI is InChI=1S/C14H21NO/c1-15-13-8-7-12(14(16)10-13)9-11-5-3-2-4-6-11/h7-8,10-11,15-16H,2-6,9H2,1H3. The van der Waals surface area contributed by atoms with Gasteiger partial charge in [-0.1, -0.05) is 38.2 Å². The van der Waals surface area contributed by atoms with Crippen molar-refractivity contribution in [1.29, 1.82) is 0 Å². The lowest BCUT2D eigenvalue weighted by Crippen LogP contribution is -2.09. The first-order valence-electron chi connectivity index (χ1n) is 6.29. The summed E-state index contributed by atoms with van der Waals surface area (Å²) in [5.74, 6) is 1.22. The number of rotatable bonds is 3. The van der Waals surface area contributed by atoms with E-state index in [0.29, 0.717) is 5.75 Å². The zero-order chi connectivity index (χ0) is 11.4. The van der Waals surface area contributed by atoms with E-state index in [0.717, 1.165) is 23.6 Å². The fraction of sp³-hybridized carbons (Fsp3) is 0.571. The molecular formula is C14H21NO. The predicted octanol–water partition coefficient (Wildman–Crippen LogP) is 3.56. The Balaban J connectivity index is 2.03. The van der Waals surface area contributed by atoms with Crippen molar-refractivity contribution < 1.29 is 5.11 Å². The minimum Gasteiger partial charge on any atom is -0.508 e. The number of phenolic OH excluding ortho intramolecular Hbond substituents is 1. The highest BCUT2D eigenvalue weighted by Crippen LogP contribution is 2.30. The molecule has 16 heavy (non-hydrogen) atoms. The monoisotopic (exact) mass is 219 g/mol. The quantitative estimate of drug-likeness (QED) is 0.814. The van der Waals surface area contributed by atoms with Crippen molar-refractivity contribution in [1.82, 2.24) is 0 Å². The van der Waals surface area contributed by atoms with Gasteiger partial charge in [0, 0.05) is 18.8 Å².